The number of hydrogen-bond donors (Lipinski definition) is 2. The highest BCUT2D eigenvalue weighted by molar-refractivity contribution is 7.12. The number of aryl methyl sites for hydroxylation is 1. The Kier molecular flexibility index (Phi) is 8.69. The molecule has 1 aliphatic heterocycles. The van der Waals surface area contributed by atoms with E-state index >= 15 is 0 Å². The molecule has 4 rings (SSSR count). The Balaban J connectivity index is 1.56. The van der Waals surface area contributed by atoms with Crippen molar-refractivity contribution in [3.63, 3.8) is 0 Å². The highest BCUT2D eigenvalue weighted by Crippen LogP contribution is 2.27. The van der Waals surface area contributed by atoms with E-state index in [-0.39, 0.29) is 17.9 Å². The molecule has 0 aliphatic carbocycles. The fourth-order valence-electron chi connectivity index (χ4n) is 4.64. The third-order valence-corrected chi connectivity index (χ3v) is 7.43. The van der Waals surface area contributed by atoms with E-state index in [2.05, 4.69) is 65.7 Å². The molecule has 0 spiro atoms. The SMILES string of the molecule is Cc1ccc(CN(CCc2ccccc2)C2CC(C(=O)NCCN)N(C(=O)c3cccs3)C2)cc1. The Bertz CT molecular complexity index is 1090. The third-order valence-electron chi connectivity index (χ3n) is 6.57. The molecular weight excluding hydrogens is 456 g/mol. The highest BCUT2D eigenvalue weighted by atomic mass is 32.1. The van der Waals surface area contributed by atoms with Gasteiger partial charge in [0, 0.05) is 38.8 Å². The fraction of sp³-hybridized carbons (Fsp3) is 0.357. The molecular formula is C28H34N4O2S. The number of nitrogens with two attached hydrogens (primary N) is 1. The molecule has 2 heterocycles. The summed E-state index contributed by atoms with van der Waals surface area (Å²) in [6.07, 6.45) is 1.51. The average molecular weight is 491 g/mol. The molecule has 0 bridgehead atoms. The van der Waals surface area contributed by atoms with Gasteiger partial charge < -0.3 is 16.0 Å². The highest BCUT2D eigenvalue weighted by Gasteiger charge is 2.42. The Morgan fingerprint density at radius 1 is 1.06 bits per heavy atom. The zero-order valence-electron chi connectivity index (χ0n) is 20.2. The molecule has 1 saturated heterocycles. The van der Waals surface area contributed by atoms with Crippen LogP contribution in [0, 0.1) is 6.92 Å². The maximum absolute atomic E-state index is 13.4. The van der Waals surface area contributed by atoms with Gasteiger partial charge in [-0.15, -0.1) is 11.3 Å². The van der Waals surface area contributed by atoms with Crippen LogP contribution < -0.4 is 11.1 Å². The maximum atomic E-state index is 13.4. The molecule has 3 aromatic rings. The van der Waals surface area contributed by atoms with Crippen molar-refractivity contribution < 1.29 is 9.59 Å². The summed E-state index contributed by atoms with van der Waals surface area (Å²) in [5.74, 6) is -0.199. The molecule has 3 N–H and O–H groups in total. The summed E-state index contributed by atoms with van der Waals surface area (Å²) in [6.45, 7) is 5.01. The summed E-state index contributed by atoms with van der Waals surface area (Å²) in [5.41, 5.74) is 9.36. The van der Waals surface area contributed by atoms with E-state index in [0.29, 0.717) is 30.9 Å². The first kappa shape index (κ1) is 25.1. The lowest BCUT2D eigenvalue weighted by molar-refractivity contribution is -0.124. The van der Waals surface area contributed by atoms with E-state index < -0.39 is 6.04 Å². The number of likely N-dealkylation sites (tertiary alicyclic amines) is 1. The minimum absolute atomic E-state index is 0.0752. The molecule has 7 heteroatoms. The summed E-state index contributed by atoms with van der Waals surface area (Å²) in [5, 5.41) is 4.80. The van der Waals surface area contributed by atoms with Gasteiger partial charge in [-0.1, -0.05) is 66.2 Å². The molecule has 0 saturated carbocycles. The predicted octanol–water partition coefficient (Wildman–Crippen LogP) is 3.46. The van der Waals surface area contributed by atoms with Crippen molar-refractivity contribution in [2.24, 2.45) is 5.73 Å². The first-order valence-corrected chi connectivity index (χ1v) is 13.1. The smallest absolute Gasteiger partial charge is 0.264 e. The molecule has 2 amide bonds. The zero-order valence-corrected chi connectivity index (χ0v) is 21.0. The number of benzene rings is 2. The monoisotopic (exact) mass is 490 g/mol. The van der Waals surface area contributed by atoms with Gasteiger partial charge in [0.1, 0.15) is 6.04 Å². The van der Waals surface area contributed by atoms with Crippen molar-refractivity contribution in [1.82, 2.24) is 15.1 Å². The van der Waals surface area contributed by atoms with Crippen LogP contribution in [0.25, 0.3) is 0 Å². The van der Waals surface area contributed by atoms with Gasteiger partial charge in [-0.25, -0.2) is 0 Å². The van der Waals surface area contributed by atoms with Crippen molar-refractivity contribution in [1.29, 1.82) is 0 Å². The maximum Gasteiger partial charge on any atom is 0.264 e. The van der Waals surface area contributed by atoms with Crippen molar-refractivity contribution in [3.8, 4) is 0 Å². The summed E-state index contributed by atoms with van der Waals surface area (Å²) < 4.78 is 0. The van der Waals surface area contributed by atoms with Gasteiger partial charge in [0.15, 0.2) is 0 Å². The predicted molar refractivity (Wildman–Crippen MR) is 141 cm³/mol. The third kappa shape index (κ3) is 6.57. The van der Waals surface area contributed by atoms with Crippen LogP contribution in [-0.4, -0.2) is 59.9 Å². The molecule has 1 aliphatic rings. The first-order valence-electron chi connectivity index (χ1n) is 12.2. The van der Waals surface area contributed by atoms with E-state index in [1.807, 2.05) is 23.6 Å². The summed E-state index contributed by atoms with van der Waals surface area (Å²) in [7, 11) is 0. The topological polar surface area (TPSA) is 78.7 Å². The molecule has 2 aromatic carbocycles. The van der Waals surface area contributed by atoms with Gasteiger partial charge in [0.05, 0.1) is 4.88 Å². The lowest BCUT2D eigenvalue weighted by atomic mass is 10.1. The van der Waals surface area contributed by atoms with Gasteiger partial charge in [0.2, 0.25) is 5.91 Å². The Hall–Kier alpha value is -3.00. The van der Waals surface area contributed by atoms with Crippen LogP contribution in [0.1, 0.15) is 32.8 Å². The minimum Gasteiger partial charge on any atom is -0.353 e. The quantitative estimate of drug-likeness (QED) is 0.456. The Morgan fingerprint density at radius 3 is 2.51 bits per heavy atom. The van der Waals surface area contributed by atoms with Gasteiger partial charge in [-0.3, -0.25) is 14.5 Å². The number of nitrogens with one attached hydrogen (secondary N) is 1. The number of rotatable bonds is 10. The second-order valence-electron chi connectivity index (χ2n) is 9.11. The number of nitrogens with zero attached hydrogens (tertiary/aromatic N) is 2. The van der Waals surface area contributed by atoms with Gasteiger partial charge >= 0.3 is 0 Å². The van der Waals surface area contributed by atoms with Crippen molar-refractivity contribution in [3.05, 3.63) is 93.7 Å². The van der Waals surface area contributed by atoms with Crippen LogP contribution in [0.4, 0.5) is 0 Å². The molecule has 35 heavy (non-hydrogen) atoms. The van der Waals surface area contributed by atoms with Crippen LogP contribution in [0.3, 0.4) is 0 Å². The van der Waals surface area contributed by atoms with E-state index in [1.165, 1.54) is 28.0 Å². The second kappa shape index (κ2) is 12.1. The number of hydrogen-bond acceptors (Lipinski definition) is 5. The normalized spacial score (nSPS) is 17.6. The van der Waals surface area contributed by atoms with Crippen molar-refractivity contribution in [2.75, 3.05) is 26.2 Å². The van der Waals surface area contributed by atoms with Crippen molar-refractivity contribution in [2.45, 2.75) is 38.4 Å². The van der Waals surface area contributed by atoms with E-state index in [1.54, 1.807) is 4.90 Å². The zero-order chi connectivity index (χ0) is 24.6. The summed E-state index contributed by atoms with van der Waals surface area (Å²) >= 11 is 1.41. The molecule has 184 valence electrons. The fourth-order valence-corrected chi connectivity index (χ4v) is 5.32. The van der Waals surface area contributed by atoms with E-state index in [0.717, 1.165) is 19.5 Å². The van der Waals surface area contributed by atoms with E-state index in [4.69, 9.17) is 5.73 Å². The number of carbonyl (C=O) groups excluding carboxylic acids is 2. The number of carbonyl (C=O) groups is 2. The van der Waals surface area contributed by atoms with Gasteiger partial charge in [0.25, 0.3) is 5.91 Å². The number of thiophene rings is 1. The van der Waals surface area contributed by atoms with Crippen LogP contribution in [0.5, 0.6) is 0 Å². The van der Waals surface area contributed by atoms with Crippen molar-refractivity contribution >= 4 is 23.2 Å². The van der Waals surface area contributed by atoms with Crippen LogP contribution in [0.15, 0.2) is 72.1 Å². The summed E-state index contributed by atoms with van der Waals surface area (Å²) in [6, 6.07) is 22.3. The lowest BCUT2D eigenvalue weighted by Gasteiger charge is -2.29. The number of amides is 2. The Morgan fingerprint density at radius 2 is 1.83 bits per heavy atom. The lowest BCUT2D eigenvalue weighted by Crippen LogP contribution is -2.46. The Labute approximate surface area is 211 Å². The molecule has 2 unspecified atom stereocenters. The average Bonchev–Trinajstić information content (AvgIpc) is 3.57. The molecule has 1 fully saturated rings. The van der Waals surface area contributed by atoms with Crippen LogP contribution in [0.2, 0.25) is 0 Å². The second-order valence-corrected chi connectivity index (χ2v) is 10.1. The van der Waals surface area contributed by atoms with Gasteiger partial charge in [-0.2, -0.15) is 0 Å². The summed E-state index contributed by atoms with van der Waals surface area (Å²) in [4.78, 5) is 31.3. The molecule has 6 nitrogen and oxygen atoms in total. The largest absolute Gasteiger partial charge is 0.353 e. The van der Waals surface area contributed by atoms with Crippen LogP contribution in [-0.2, 0) is 17.8 Å². The standard InChI is InChI=1S/C28H34N4O2S/c1-21-9-11-23(12-10-21)19-31(16-13-22-6-3-2-4-7-22)24-18-25(27(33)30-15-14-29)32(20-24)28(34)26-8-5-17-35-26/h2-12,17,24-25H,13-16,18-20,29H2,1H3,(H,30,33). The van der Waals surface area contributed by atoms with E-state index in [9.17, 15) is 9.59 Å². The van der Waals surface area contributed by atoms with Crippen LogP contribution >= 0.6 is 11.3 Å². The molecule has 2 atom stereocenters. The first-order chi connectivity index (χ1) is 17.0. The molecule has 1 aromatic heterocycles. The van der Waals surface area contributed by atoms with Gasteiger partial charge in [-0.05, 0) is 42.3 Å². The molecule has 0 radical (unpaired) electrons. The minimum atomic E-state index is -0.501.